The molecule has 0 aliphatic rings. The number of ether oxygens (including phenoxy) is 2. The standard InChI is InChI=1S/C18H16N2O2/c1-21-17-15(13-9-5-3-6-10-13)16(19-20-18(17)22-2)14-11-7-4-8-12-14/h3-12H,1-2H3. The minimum atomic E-state index is 0.376. The minimum Gasteiger partial charge on any atom is -0.491 e. The summed E-state index contributed by atoms with van der Waals surface area (Å²) in [4.78, 5) is 0. The van der Waals surface area contributed by atoms with Crippen LogP contribution in [0.25, 0.3) is 22.4 Å². The fourth-order valence-electron chi connectivity index (χ4n) is 2.40. The summed E-state index contributed by atoms with van der Waals surface area (Å²) in [7, 11) is 3.17. The Balaban J connectivity index is 2.31. The third-order valence-electron chi connectivity index (χ3n) is 3.41. The minimum absolute atomic E-state index is 0.376. The lowest BCUT2D eigenvalue weighted by atomic mass is 9.99. The zero-order chi connectivity index (χ0) is 15.4. The highest BCUT2D eigenvalue weighted by molar-refractivity contribution is 5.86. The van der Waals surface area contributed by atoms with Gasteiger partial charge in [-0.2, -0.15) is 0 Å². The van der Waals surface area contributed by atoms with Gasteiger partial charge in [0.2, 0.25) is 0 Å². The number of hydrogen-bond donors (Lipinski definition) is 0. The molecule has 0 amide bonds. The molecule has 0 bridgehead atoms. The largest absolute Gasteiger partial charge is 0.491 e. The second-order valence-corrected chi connectivity index (χ2v) is 4.70. The van der Waals surface area contributed by atoms with Crippen molar-refractivity contribution in [1.29, 1.82) is 0 Å². The second-order valence-electron chi connectivity index (χ2n) is 4.70. The quantitative estimate of drug-likeness (QED) is 0.733. The van der Waals surface area contributed by atoms with E-state index in [1.54, 1.807) is 14.2 Å². The second kappa shape index (κ2) is 6.26. The Hall–Kier alpha value is -2.88. The molecule has 0 unspecified atom stereocenters. The third kappa shape index (κ3) is 2.51. The van der Waals surface area contributed by atoms with E-state index in [9.17, 15) is 0 Å². The molecule has 1 aromatic heterocycles. The van der Waals surface area contributed by atoms with Gasteiger partial charge in [0.05, 0.1) is 19.8 Å². The van der Waals surface area contributed by atoms with Gasteiger partial charge in [0, 0.05) is 5.56 Å². The Kier molecular flexibility index (Phi) is 4.01. The predicted molar refractivity (Wildman–Crippen MR) is 86.0 cm³/mol. The molecule has 2 aromatic carbocycles. The van der Waals surface area contributed by atoms with Gasteiger partial charge in [-0.1, -0.05) is 60.7 Å². The van der Waals surface area contributed by atoms with Gasteiger partial charge in [0.15, 0.2) is 5.75 Å². The lowest BCUT2D eigenvalue weighted by molar-refractivity contribution is 0.340. The van der Waals surface area contributed by atoms with Crippen LogP contribution in [0.15, 0.2) is 60.7 Å². The number of hydrogen-bond acceptors (Lipinski definition) is 4. The zero-order valence-electron chi connectivity index (χ0n) is 12.5. The molecule has 0 atom stereocenters. The molecule has 0 aliphatic heterocycles. The Morgan fingerprint density at radius 1 is 0.682 bits per heavy atom. The molecule has 0 saturated carbocycles. The maximum Gasteiger partial charge on any atom is 0.276 e. The van der Waals surface area contributed by atoms with Crippen LogP contribution in [0.2, 0.25) is 0 Å². The first-order chi connectivity index (χ1) is 10.8. The molecule has 0 radical (unpaired) electrons. The topological polar surface area (TPSA) is 44.2 Å². The average molecular weight is 292 g/mol. The van der Waals surface area contributed by atoms with Gasteiger partial charge >= 0.3 is 0 Å². The molecular weight excluding hydrogens is 276 g/mol. The molecule has 0 fully saturated rings. The molecule has 3 aromatic rings. The van der Waals surface area contributed by atoms with E-state index in [0.29, 0.717) is 11.6 Å². The highest BCUT2D eigenvalue weighted by atomic mass is 16.5. The van der Waals surface area contributed by atoms with Crippen molar-refractivity contribution in [2.75, 3.05) is 14.2 Å². The number of nitrogens with zero attached hydrogens (tertiary/aromatic N) is 2. The summed E-state index contributed by atoms with van der Waals surface area (Å²) >= 11 is 0. The smallest absolute Gasteiger partial charge is 0.276 e. The number of benzene rings is 2. The van der Waals surface area contributed by atoms with Crippen LogP contribution in [0, 0.1) is 0 Å². The average Bonchev–Trinajstić information content (AvgIpc) is 2.61. The van der Waals surface area contributed by atoms with E-state index in [1.165, 1.54) is 0 Å². The van der Waals surface area contributed by atoms with Crippen molar-refractivity contribution in [2.24, 2.45) is 0 Å². The number of rotatable bonds is 4. The fraction of sp³-hybridized carbons (Fsp3) is 0.111. The summed E-state index contributed by atoms with van der Waals surface area (Å²) in [6.45, 7) is 0. The van der Waals surface area contributed by atoms with Gasteiger partial charge < -0.3 is 9.47 Å². The summed E-state index contributed by atoms with van der Waals surface area (Å²) in [5.74, 6) is 0.962. The van der Waals surface area contributed by atoms with E-state index >= 15 is 0 Å². The van der Waals surface area contributed by atoms with Gasteiger partial charge in [-0.15, -0.1) is 10.2 Å². The van der Waals surface area contributed by atoms with E-state index in [0.717, 1.165) is 22.4 Å². The van der Waals surface area contributed by atoms with Crippen molar-refractivity contribution >= 4 is 0 Å². The Bertz CT molecular complexity index is 759. The van der Waals surface area contributed by atoms with Crippen molar-refractivity contribution in [3.05, 3.63) is 60.7 Å². The van der Waals surface area contributed by atoms with Crippen molar-refractivity contribution in [1.82, 2.24) is 10.2 Å². The van der Waals surface area contributed by atoms with Gasteiger partial charge in [-0.3, -0.25) is 0 Å². The summed E-state index contributed by atoms with van der Waals surface area (Å²) in [5.41, 5.74) is 3.63. The first kappa shape index (κ1) is 14.1. The highest BCUT2D eigenvalue weighted by Crippen LogP contribution is 2.41. The van der Waals surface area contributed by atoms with Crippen LogP contribution in [0.1, 0.15) is 0 Å². The van der Waals surface area contributed by atoms with Gasteiger partial charge in [0.25, 0.3) is 5.88 Å². The number of methoxy groups -OCH3 is 2. The van der Waals surface area contributed by atoms with Crippen LogP contribution in [0.5, 0.6) is 11.6 Å². The van der Waals surface area contributed by atoms with Crippen LogP contribution in [-0.2, 0) is 0 Å². The molecule has 4 nitrogen and oxygen atoms in total. The normalized spacial score (nSPS) is 10.3. The van der Waals surface area contributed by atoms with Crippen LogP contribution in [0.4, 0.5) is 0 Å². The lowest BCUT2D eigenvalue weighted by Gasteiger charge is -2.15. The maximum atomic E-state index is 5.56. The molecular formula is C18H16N2O2. The van der Waals surface area contributed by atoms with Gasteiger partial charge in [-0.05, 0) is 5.56 Å². The van der Waals surface area contributed by atoms with E-state index < -0.39 is 0 Å². The Morgan fingerprint density at radius 3 is 1.82 bits per heavy atom. The monoisotopic (exact) mass is 292 g/mol. The molecule has 0 N–H and O–H groups in total. The molecule has 1 heterocycles. The van der Waals surface area contributed by atoms with Crippen LogP contribution in [0.3, 0.4) is 0 Å². The maximum absolute atomic E-state index is 5.56. The molecule has 0 saturated heterocycles. The predicted octanol–water partition coefficient (Wildman–Crippen LogP) is 3.83. The summed E-state index contributed by atoms with van der Waals surface area (Å²) < 4.78 is 10.8. The van der Waals surface area contributed by atoms with Crippen molar-refractivity contribution in [3.8, 4) is 34.0 Å². The van der Waals surface area contributed by atoms with E-state index in [-0.39, 0.29) is 0 Å². The highest BCUT2D eigenvalue weighted by Gasteiger charge is 2.20. The van der Waals surface area contributed by atoms with Crippen LogP contribution >= 0.6 is 0 Å². The van der Waals surface area contributed by atoms with Gasteiger partial charge in [-0.25, -0.2) is 0 Å². The van der Waals surface area contributed by atoms with Crippen molar-refractivity contribution in [3.63, 3.8) is 0 Å². The fourth-order valence-corrected chi connectivity index (χ4v) is 2.40. The van der Waals surface area contributed by atoms with E-state index in [1.807, 2.05) is 60.7 Å². The summed E-state index contributed by atoms with van der Waals surface area (Å²) in [5, 5.41) is 8.48. The number of aromatic nitrogens is 2. The lowest BCUT2D eigenvalue weighted by Crippen LogP contribution is -2.01. The first-order valence-corrected chi connectivity index (χ1v) is 6.94. The van der Waals surface area contributed by atoms with Crippen molar-refractivity contribution in [2.45, 2.75) is 0 Å². The third-order valence-corrected chi connectivity index (χ3v) is 3.41. The Labute approximate surface area is 129 Å². The Morgan fingerprint density at radius 2 is 1.27 bits per heavy atom. The van der Waals surface area contributed by atoms with Gasteiger partial charge in [0.1, 0.15) is 5.69 Å². The van der Waals surface area contributed by atoms with Crippen LogP contribution in [-0.4, -0.2) is 24.4 Å². The summed E-state index contributed by atoms with van der Waals surface area (Å²) in [6.07, 6.45) is 0. The van der Waals surface area contributed by atoms with Crippen LogP contribution < -0.4 is 9.47 Å². The zero-order valence-corrected chi connectivity index (χ0v) is 12.5. The van der Waals surface area contributed by atoms with Crippen molar-refractivity contribution < 1.29 is 9.47 Å². The molecule has 22 heavy (non-hydrogen) atoms. The molecule has 4 heteroatoms. The molecule has 0 spiro atoms. The molecule has 0 aliphatic carbocycles. The van der Waals surface area contributed by atoms with E-state index in [2.05, 4.69) is 10.2 Å². The molecule has 110 valence electrons. The van der Waals surface area contributed by atoms with E-state index in [4.69, 9.17) is 9.47 Å². The summed E-state index contributed by atoms with van der Waals surface area (Å²) in [6, 6.07) is 19.9. The first-order valence-electron chi connectivity index (χ1n) is 6.94. The SMILES string of the molecule is COc1nnc(-c2ccccc2)c(-c2ccccc2)c1OC. The molecule has 3 rings (SSSR count).